The van der Waals surface area contributed by atoms with E-state index in [1.165, 1.54) is 11.3 Å². The van der Waals surface area contributed by atoms with E-state index >= 15 is 0 Å². The lowest BCUT2D eigenvalue weighted by molar-refractivity contribution is -0.118. The van der Waals surface area contributed by atoms with Crippen LogP contribution in [0.5, 0.6) is 5.75 Å². The fourth-order valence-corrected chi connectivity index (χ4v) is 4.46. The van der Waals surface area contributed by atoms with Crippen LogP contribution in [0.4, 0.5) is 5.00 Å². The summed E-state index contributed by atoms with van der Waals surface area (Å²) in [6.07, 6.45) is 5.02. The van der Waals surface area contributed by atoms with Crippen molar-refractivity contribution in [1.82, 2.24) is 0 Å². The molecule has 3 rings (SSSR count). The first-order valence-corrected chi connectivity index (χ1v) is 9.37. The van der Waals surface area contributed by atoms with E-state index in [0.29, 0.717) is 21.3 Å². The molecule has 0 bridgehead atoms. The molecule has 0 atom stereocenters. The molecule has 1 aromatic heterocycles. The van der Waals surface area contributed by atoms with Crippen LogP contribution >= 0.6 is 22.9 Å². The van der Waals surface area contributed by atoms with Crippen molar-refractivity contribution in [3.8, 4) is 5.75 Å². The van der Waals surface area contributed by atoms with Crippen LogP contribution in [-0.2, 0) is 17.6 Å². The minimum absolute atomic E-state index is 0.190. The molecule has 0 spiro atoms. The van der Waals surface area contributed by atoms with Crippen LogP contribution in [0.3, 0.4) is 0 Å². The predicted octanol–water partition coefficient (Wildman–Crippen LogP) is 3.79. The fourth-order valence-electron chi connectivity index (χ4n) is 2.96. The molecule has 2 amide bonds. The highest BCUT2D eigenvalue weighted by atomic mass is 35.5. The molecule has 132 valence electrons. The van der Waals surface area contributed by atoms with Crippen LogP contribution in [0.15, 0.2) is 24.3 Å². The van der Waals surface area contributed by atoms with Crippen LogP contribution in [0, 0.1) is 0 Å². The highest BCUT2D eigenvalue weighted by molar-refractivity contribution is 7.17. The molecule has 2 aromatic rings. The van der Waals surface area contributed by atoms with Gasteiger partial charge in [-0.05, 0) is 43.4 Å². The van der Waals surface area contributed by atoms with Crippen molar-refractivity contribution < 1.29 is 14.3 Å². The second-order valence-corrected chi connectivity index (χ2v) is 7.41. The first kappa shape index (κ1) is 17.8. The van der Waals surface area contributed by atoms with E-state index in [0.717, 1.165) is 42.5 Å². The molecular weight excluding hydrogens is 360 g/mol. The quantitative estimate of drug-likeness (QED) is 0.776. The molecule has 0 saturated carbocycles. The minimum Gasteiger partial charge on any atom is -0.482 e. The lowest BCUT2D eigenvalue weighted by Crippen LogP contribution is -2.22. The molecule has 0 fully saturated rings. The van der Waals surface area contributed by atoms with E-state index in [1.54, 1.807) is 24.3 Å². The Bertz CT molecular complexity index is 804. The summed E-state index contributed by atoms with van der Waals surface area (Å²) in [5, 5.41) is 3.73. The van der Waals surface area contributed by atoms with E-state index in [9.17, 15) is 9.59 Å². The van der Waals surface area contributed by atoms with Crippen LogP contribution in [-0.4, -0.2) is 18.4 Å². The Kier molecular flexibility index (Phi) is 5.60. The van der Waals surface area contributed by atoms with E-state index in [1.807, 2.05) is 0 Å². The first-order chi connectivity index (χ1) is 12.1. The van der Waals surface area contributed by atoms with Gasteiger partial charge < -0.3 is 15.8 Å². The number of nitrogens with two attached hydrogens (primary N) is 1. The highest BCUT2D eigenvalue weighted by Gasteiger charge is 2.24. The number of amides is 2. The zero-order valence-corrected chi connectivity index (χ0v) is 15.2. The zero-order valence-electron chi connectivity index (χ0n) is 13.6. The second kappa shape index (κ2) is 7.89. The van der Waals surface area contributed by atoms with Gasteiger partial charge in [0.05, 0.1) is 10.6 Å². The average Bonchev–Trinajstić information content (AvgIpc) is 2.75. The maximum atomic E-state index is 12.2. The molecule has 0 unspecified atom stereocenters. The molecule has 7 heteroatoms. The molecule has 0 radical (unpaired) electrons. The van der Waals surface area contributed by atoms with E-state index in [-0.39, 0.29) is 12.5 Å². The van der Waals surface area contributed by atoms with Crippen LogP contribution in [0.25, 0.3) is 0 Å². The smallest absolute Gasteiger partial charge is 0.262 e. The van der Waals surface area contributed by atoms with Crippen molar-refractivity contribution in [2.24, 2.45) is 5.73 Å². The van der Waals surface area contributed by atoms with Crippen molar-refractivity contribution in [3.05, 3.63) is 45.3 Å². The van der Waals surface area contributed by atoms with Crippen molar-refractivity contribution in [1.29, 1.82) is 0 Å². The van der Waals surface area contributed by atoms with Gasteiger partial charge >= 0.3 is 0 Å². The van der Waals surface area contributed by atoms with Gasteiger partial charge in [0, 0.05) is 4.88 Å². The number of primary amides is 1. The zero-order chi connectivity index (χ0) is 17.8. The number of rotatable bonds is 5. The number of para-hydroxylation sites is 1. The lowest BCUT2D eigenvalue weighted by Gasteiger charge is -2.09. The number of hydrogen-bond acceptors (Lipinski definition) is 4. The first-order valence-electron chi connectivity index (χ1n) is 8.17. The van der Waals surface area contributed by atoms with Gasteiger partial charge in [0.2, 0.25) is 0 Å². The normalized spacial score (nSPS) is 13.6. The number of halogens is 1. The van der Waals surface area contributed by atoms with E-state index < -0.39 is 5.91 Å². The fraction of sp³-hybridized carbons (Fsp3) is 0.333. The number of anilines is 1. The van der Waals surface area contributed by atoms with Gasteiger partial charge in [-0.1, -0.05) is 30.2 Å². The Labute approximate surface area is 155 Å². The number of hydrogen-bond donors (Lipinski definition) is 2. The van der Waals surface area contributed by atoms with Gasteiger partial charge in [-0.2, -0.15) is 0 Å². The summed E-state index contributed by atoms with van der Waals surface area (Å²) in [7, 11) is 0. The van der Waals surface area contributed by atoms with Crippen molar-refractivity contribution in [2.75, 3.05) is 11.9 Å². The Morgan fingerprint density at radius 1 is 1.20 bits per heavy atom. The largest absolute Gasteiger partial charge is 0.482 e. The van der Waals surface area contributed by atoms with Gasteiger partial charge in [-0.25, -0.2) is 0 Å². The third-order valence-corrected chi connectivity index (χ3v) is 5.64. The number of ether oxygens (including phenoxy) is 1. The number of aryl methyl sites for hydroxylation is 1. The van der Waals surface area contributed by atoms with Crippen LogP contribution in [0.1, 0.15) is 40.1 Å². The summed E-state index contributed by atoms with van der Waals surface area (Å²) in [6, 6.07) is 6.95. The second-order valence-electron chi connectivity index (χ2n) is 5.90. The Morgan fingerprint density at radius 2 is 1.96 bits per heavy atom. The van der Waals surface area contributed by atoms with Crippen LogP contribution in [0.2, 0.25) is 5.02 Å². The number of fused-ring (bicyclic) bond motifs is 1. The Hall–Kier alpha value is -2.05. The number of nitrogens with one attached hydrogen (secondary N) is 1. The maximum Gasteiger partial charge on any atom is 0.262 e. The molecule has 1 aliphatic carbocycles. The van der Waals surface area contributed by atoms with Crippen molar-refractivity contribution >= 4 is 39.8 Å². The van der Waals surface area contributed by atoms with Crippen molar-refractivity contribution in [2.45, 2.75) is 32.1 Å². The summed E-state index contributed by atoms with van der Waals surface area (Å²) >= 11 is 7.45. The maximum absolute atomic E-state index is 12.2. The number of carbonyl (C=O) groups is 2. The molecule has 1 aliphatic rings. The van der Waals surface area contributed by atoms with Gasteiger partial charge in [0.15, 0.2) is 6.61 Å². The molecule has 1 aromatic carbocycles. The summed E-state index contributed by atoms with van der Waals surface area (Å²) in [6.45, 7) is -0.190. The molecule has 1 heterocycles. The van der Waals surface area contributed by atoms with Crippen LogP contribution < -0.4 is 15.8 Å². The Balaban J connectivity index is 1.73. The SMILES string of the molecule is NC(=O)c1c(NC(=O)COc2ccccc2Cl)sc2c1CCCCC2. The standard InChI is InChI=1S/C18H19ClN2O3S/c19-12-7-4-5-8-13(12)24-10-15(22)21-18-16(17(20)23)11-6-2-1-3-9-14(11)25-18/h4-5,7-8H,1-3,6,9-10H2,(H2,20,23)(H,21,22). The number of carbonyl (C=O) groups excluding carboxylic acids is 2. The van der Waals surface area contributed by atoms with Gasteiger partial charge in [0.1, 0.15) is 10.8 Å². The molecular formula is C18H19ClN2O3S. The minimum atomic E-state index is -0.498. The predicted molar refractivity (Wildman–Crippen MR) is 99.7 cm³/mol. The van der Waals surface area contributed by atoms with E-state index in [2.05, 4.69) is 5.32 Å². The molecule has 3 N–H and O–H groups in total. The average molecular weight is 379 g/mol. The number of benzene rings is 1. The van der Waals surface area contributed by atoms with Gasteiger partial charge in [-0.3, -0.25) is 9.59 Å². The summed E-state index contributed by atoms with van der Waals surface area (Å²) in [5.41, 5.74) is 7.01. The summed E-state index contributed by atoms with van der Waals surface area (Å²) in [5.74, 6) is -0.406. The topological polar surface area (TPSA) is 81.4 Å². The van der Waals surface area contributed by atoms with E-state index in [4.69, 9.17) is 22.1 Å². The van der Waals surface area contributed by atoms with Gasteiger partial charge in [0.25, 0.3) is 11.8 Å². The monoisotopic (exact) mass is 378 g/mol. The third kappa shape index (κ3) is 4.14. The molecule has 25 heavy (non-hydrogen) atoms. The Morgan fingerprint density at radius 3 is 2.72 bits per heavy atom. The van der Waals surface area contributed by atoms with Crippen molar-refractivity contribution in [3.63, 3.8) is 0 Å². The lowest BCUT2D eigenvalue weighted by atomic mass is 10.1. The number of thiophene rings is 1. The van der Waals surface area contributed by atoms with Gasteiger partial charge in [-0.15, -0.1) is 11.3 Å². The third-order valence-electron chi connectivity index (χ3n) is 4.12. The summed E-state index contributed by atoms with van der Waals surface area (Å²) < 4.78 is 5.44. The summed E-state index contributed by atoms with van der Waals surface area (Å²) in [4.78, 5) is 25.3. The molecule has 5 nitrogen and oxygen atoms in total. The molecule has 0 saturated heterocycles. The molecule has 0 aliphatic heterocycles. The highest BCUT2D eigenvalue weighted by Crippen LogP contribution is 2.37.